The van der Waals surface area contributed by atoms with E-state index >= 15 is 0 Å². The number of carbonyl (C=O) groups is 3. The van der Waals surface area contributed by atoms with Gasteiger partial charge in [0.15, 0.2) is 17.1 Å². The van der Waals surface area contributed by atoms with Gasteiger partial charge in [0.25, 0.3) is 11.8 Å². The fourth-order valence-electron chi connectivity index (χ4n) is 3.06. The van der Waals surface area contributed by atoms with Gasteiger partial charge in [0.2, 0.25) is 0 Å². The smallest absolute Gasteiger partial charge is 0.339 e. The summed E-state index contributed by atoms with van der Waals surface area (Å²) in [4.78, 5) is 37.2. The molecule has 0 spiro atoms. The molecule has 0 fully saturated rings. The zero-order valence-corrected chi connectivity index (χ0v) is 16.4. The second-order valence-electron chi connectivity index (χ2n) is 6.66. The van der Waals surface area contributed by atoms with Crippen LogP contribution in [0.4, 0.5) is 0 Å². The molecule has 2 amide bonds. The zero-order chi connectivity index (χ0) is 21.0. The van der Waals surface area contributed by atoms with Crippen molar-refractivity contribution in [3.05, 3.63) is 59.2 Å². The van der Waals surface area contributed by atoms with E-state index in [1.165, 1.54) is 20.1 Å². The number of amides is 2. The molecule has 0 aromatic heterocycles. The second-order valence-corrected chi connectivity index (χ2v) is 6.66. The van der Waals surface area contributed by atoms with Crippen LogP contribution < -0.4 is 20.3 Å². The number of nitrogens with one attached hydrogen (secondary N) is 2. The van der Waals surface area contributed by atoms with E-state index in [0.717, 1.165) is 0 Å². The standard InChI is InChI=1S/C21H22N2O6/c1-4-28-16-10-9-13(11-17(16)27-3)18(24)22-23-20(26)21(2)12-14-7-5-6-8-15(14)19(25)29-21/h5-11H,4,12H2,1-3H3,(H,22,24)(H,23,26). The third kappa shape index (κ3) is 4.16. The van der Waals surface area contributed by atoms with Crippen LogP contribution in [0, 0.1) is 0 Å². The van der Waals surface area contributed by atoms with E-state index in [1.807, 2.05) is 6.92 Å². The number of ether oxygens (including phenoxy) is 3. The van der Waals surface area contributed by atoms with Crippen LogP contribution >= 0.6 is 0 Å². The van der Waals surface area contributed by atoms with Crippen molar-refractivity contribution < 1.29 is 28.6 Å². The summed E-state index contributed by atoms with van der Waals surface area (Å²) in [7, 11) is 1.47. The van der Waals surface area contributed by atoms with Gasteiger partial charge in [-0.25, -0.2) is 4.79 Å². The first-order valence-corrected chi connectivity index (χ1v) is 9.11. The van der Waals surface area contributed by atoms with Crippen molar-refractivity contribution >= 4 is 17.8 Å². The van der Waals surface area contributed by atoms with Gasteiger partial charge in [-0.1, -0.05) is 18.2 Å². The predicted octanol–water partition coefficient (Wildman–Crippen LogP) is 2.03. The number of methoxy groups -OCH3 is 1. The van der Waals surface area contributed by atoms with Crippen LogP contribution in [0.2, 0.25) is 0 Å². The average Bonchev–Trinajstić information content (AvgIpc) is 2.72. The molecular formula is C21H22N2O6. The Balaban J connectivity index is 1.68. The normalized spacial score (nSPS) is 17.6. The summed E-state index contributed by atoms with van der Waals surface area (Å²) in [6.07, 6.45) is 0.202. The van der Waals surface area contributed by atoms with Gasteiger partial charge >= 0.3 is 5.97 Å². The number of hydrogen-bond acceptors (Lipinski definition) is 6. The lowest BCUT2D eigenvalue weighted by Crippen LogP contribution is -2.56. The maximum atomic E-state index is 12.6. The van der Waals surface area contributed by atoms with E-state index in [2.05, 4.69) is 10.9 Å². The van der Waals surface area contributed by atoms with Crippen molar-refractivity contribution in [3.63, 3.8) is 0 Å². The predicted molar refractivity (Wildman–Crippen MR) is 104 cm³/mol. The molecule has 0 bridgehead atoms. The number of benzene rings is 2. The molecule has 29 heavy (non-hydrogen) atoms. The number of hydrazine groups is 1. The molecule has 0 saturated carbocycles. The summed E-state index contributed by atoms with van der Waals surface area (Å²) in [6.45, 7) is 3.80. The summed E-state index contributed by atoms with van der Waals surface area (Å²) >= 11 is 0. The molecule has 0 saturated heterocycles. The SMILES string of the molecule is CCOc1ccc(C(=O)NNC(=O)C2(C)Cc3ccccc3C(=O)O2)cc1OC. The van der Waals surface area contributed by atoms with Crippen molar-refractivity contribution in [2.24, 2.45) is 0 Å². The van der Waals surface area contributed by atoms with Crippen LogP contribution in [0.5, 0.6) is 11.5 Å². The topological polar surface area (TPSA) is 103 Å². The largest absolute Gasteiger partial charge is 0.493 e. The van der Waals surface area contributed by atoms with Crippen molar-refractivity contribution in [1.82, 2.24) is 10.9 Å². The highest BCUT2D eigenvalue weighted by Crippen LogP contribution is 2.29. The Labute approximate surface area is 168 Å². The molecule has 1 aliphatic rings. The van der Waals surface area contributed by atoms with Gasteiger partial charge in [-0.2, -0.15) is 0 Å². The summed E-state index contributed by atoms with van der Waals surface area (Å²) in [5.41, 5.74) is 4.64. The third-order valence-electron chi connectivity index (χ3n) is 4.58. The van der Waals surface area contributed by atoms with Crippen LogP contribution in [0.1, 0.15) is 40.1 Å². The van der Waals surface area contributed by atoms with Gasteiger partial charge < -0.3 is 14.2 Å². The second kappa shape index (κ2) is 8.22. The van der Waals surface area contributed by atoms with E-state index in [0.29, 0.717) is 29.2 Å². The van der Waals surface area contributed by atoms with Gasteiger partial charge in [0, 0.05) is 12.0 Å². The van der Waals surface area contributed by atoms with Crippen LogP contribution in [0.3, 0.4) is 0 Å². The maximum Gasteiger partial charge on any atom is 0.339 e. The molecule has 0 radical (unpaired) electrons. The molecule has 0 aliphatic carbocycles. The molecule has 2 aromatic rings. The Bertz CT molecular complexity index is 958. The minimum absolute atomic E-state index is 0.202. The van der Waals surface area contributed by atoms with E-state index in [1.54, 1.807) is 36.4 Å². The number of cyclic esters (lactones) is 1. The monoisotopic (exact) mass is 398 g/mol. The van der Waals surface area contributed by atoms with Gasteiger partial charge in [-0.15, -0.1) is 0 Å². The zero-order valence-electron chi connectivity index (χ0n) is 16.4. The molecule has 1 unspecified atom stereocenters. The number of fused-ring (bicyclic) bond motifs is 1. The third-order valence-corrected chi connectivity index (χ3v) is 4.58. The quantitative estimate of drug-likeness (QED) is 0.590. The van der Waals surface area contributed by atoms with Crippen LogP contribution in [-0.2, 0) is 16.0 Å². The molecule has 8 nitrogen and oxygen atoms in total. The number of esters is 1. The highest BCUT2D eigenvalue weighted by Gasteiger charge is 2.42. The molecule has 1 aliphatic heterocycles. The molecule has 152 valence electrons. The molecule has 3 rings (SSSR count). The molecule has 1 atom stereocenters. The van der Waals surface area contributed by atoms with E-state index in [-0.39, 0.29) is 12.0 Å². The number of carbonyl (C=O) groups excluding carboxylic acids is 3. The van der Waals surface area contributed by atoms with Crippen LogP contribution in [0.15, 0.2) is 42.5 Å². The van der Waals surface area contributed by atoms with Crippen LogP contribution in [0.25, 0.3) is 0 Å². The van der Waals surface area contributed by atoms with E-state index in [9.17, 15) is 14.4 Å². The molecule has 2 N–H and O–H groups in total. The average molecular weight is 398 g/mol. The first-order valence-electron chi connectivity index (χ1n) is 9.11. The Morgan fingerprint density at radius 1 is 1.14 bits per heavy atom. The Kier molecular flexibility index (Phi) is 5.72. The fourth-order valence-corrected chi connectivity index (χ4v) is 3.06. The fraction of sp³-hybridized carbons (Fsp3) is 0.286. The summed E-state index contributed by atoms with van der Waals surface area (Å²) < 4.78 is 16.0. The van der Waals surface area contributed by atoms with Gasteiger partial charge in [-0.05, 0) is 43.7 Å². The summed E-state index contributed by atoms with van der Waals surface area (Å²) in [5, 5.41) is 0. The number of rotatable bonds is 5. The molecule has 1 heterocycles. The van der Waals surface area contributed by atoms with E-state index in [4.69, 9.17) is 14.2 Å². The highest BCUT2D eigenvalue weighted by molar-refractivity contribution is 5.99. The van der Waals surface area contributed by atoms with Crippen molar-refractivity contribution in [3.8, 4) is 11.5 Å². The number of hydrogen-bond donors (Lipinski definition) is 2. The van der Waals surface area contributed by atoms with Crippen molar-refractivity contribution in [2.75, 3.05) is 13.7 Å². The van der Waals surface area contributed by atoms with Gasteiger partial charge in [0.05, 0.1) is 19.3 Å². The minimum atomic E-state index is -1.44. The Morgan fingerprint density at radius 2 is 1.90 bits per heavy atom. The Morgan fingerprint density at radius 3 is 2.62 bits per heavy atom. The van der Waals surface area contributed by atoms with Gasteiger partial charge in [-0.3, -0.25) is 20.4 Å². The van der Waals surface area contributed by atoms with Gasteiger partial charge in [0.1, 0.15) is 0 Å². The molecule has 8 heteroatoms. The van der Waals surface area contributed by atoms with Crippen LogP contribution in [-0.4, -0.2) is 37.1 Å². The van der Waals surface area contributed by atoms with Crippen molar-refractivity contribution in [2.45, 2.75) is 25.9 Å². The summed E-state index contributed by atoms with van der Waals surface area (Å²) in [6, 6.07) is 11.6. The minimum Gasteiger partial charge on any atom is -0.493 e. The Hall–Kier alpha value is -3.55. The lowest BCUT2D eigenvalue weighted by atomic mass is 9.89. The lowest BCUT2D eigenvalue weighted by molar-refractivity contribution is -0.140. The maximum absolute atomic E-state index is 12.6. The molecular weight excluding hydrogens is 376 g/mol. The molecule has 2 aromatic carbocycles. The first kappa shape index (κ1) is 20.2. The van der Waals surface area contributed by atoms with Crippen molar-refractivity contribution in [1.29, 1.82) is 0 Å². The lowest BCUT2D eigenvalue weighted by Gasteiger charge is -2.32. The first-order chi connectivity index (χ1) is 13.9. The summed E-state index contributed by atoms with van der Waals surface area (Å²) in [5.74, 6) is -0.851. The van der Waals surface area contributed by atoms with E-state index < -0.39 is 23.4 Å². The highest BCUT2D eigenvalue weighted by atomic mass is 16.6.